The molecule has 0 atom stereocenters. The van der Waals surface area contributed by atoms with E-state index in [1.807, 2.05) is 5.43 Å². The molecule has 0 saturated carbocycles. The molecule has 0 aliphatic carbocycles. The molecule has 20 heavy (non-hydrogen) atoms. The fourth-order valence-corrected chi connectivity index (χ4v) is 1.65. The van der Waals surface area contributed by atoms with Crippen molar-refractivity contribution in [2.75, 3.05) is 14.2 Å². The molecule has 3 N–H and O–H groups in total. The first-order valence-corrected chi connectivity index (χ1v) is 5.75. The normalized spacial score (nSPS) is 9.95. The van der Waals surface area contributed by atoms with Crippen molar-refractivity contribution in [1.82, 2.24) is 15.4 Å². The largest absolute Gasteiger partial charge is 0.493 e. The van der Waals surface area contributed by atoms with Crippen LogP contribution in [0.5, 0.6) is 11.5 Å². The van der Waals surface area contributed by atoms with Crippen LogP contribution in [0.4, 0.5) is 0 Å². The Morgan fingerprint density at radius 2 is 1.80 bits per heavy atom. The molecule has 104 valence electrons. The number of hydrazine groups is 1. The lowest BCUT2D eigenvalue weighted by Crippen LogP contribution is -2.30. The molecule has 7 heteroatoms. The van der Waals surface area contributed by atoms with Gasteiger partial charge in [0.25, 0.3) is 5.91 Å². The van der Waals surface area contributed by atoms with Crippen LogP contribution < -0.4 is 20.7 Å². The molecule has 1 amide bonds. The van der Waals surface area contributed by atoms with E-state index in [0.717, 1.165) is 5.56 Å². The first kappa shape index (κ1) is 13.8. The molecule has 2 aromatic rings. The maximum Gasteiger partial charge on any atom is 0.268 e. The number of hydrogen-bond donors (Lipinski definition) is 2. The van der Waals surface area contributed by atoms with Gasteiger partial charge in [-0.25, -0.2) is 15.8 Å². The number of hydrogen-bond acceptors (Lipinski definition) is 6. The van der Waals surface area contributed by atoms with E-state index in [-0.39, 0.29) is 5.56 Å². The summed E-state index contributed by atoms with van der Waals surface area (Å²) in [5, 5.41) is 0. The Hall–Kier alpha value is -2.67. The molecule has 7 nitrogen and oxygen atoms in total. The van der Waals surface area contributed by atoms with Crippen LogP contribution in [-0.4, -0.2) is 30.1 Å². The Kier molecular flexibility index (Phi) is 4.11. The molecule has 1 aromatic heterocycles. The zero-order valence-corrected chi connectivity index (χ0v) is 11.1. The lowest BCUT2D eigenvalue weighted by atomic mass is 10.2. The third kappa shape index (κ3) is 2.67. The van der Waals surface area contributed by atoms with Gasteiger partial charge in [-0.3, -0.25) is 10.2 Å². The van der Waals surface area contributed by atoms with Gasteiger partial charge in [0.1, 0.15) is 0 Å². The summed E-state index contributed by atoms with van der Waals surface area (Å²) in [4.78, 5) is 19.5. The van der Waals surface area contributed by atoms with Crippen LogP contribution in [0.25, 0.3) is 11.4 Å². The first-order chi connectivity index (χ1) is 9.69. The predicted octanol–water partition coefficient (Wildman–Crippen LogP) is 0.764. The van der Waals surface area contributed by atoms with Crippen LogP contribution in [0.15, 0.2) is 30.6 Å². The topological polar surface area (TPSA) is 99.4 Å². The number of methoxy groups -OCH3 is 2. The van der Waals surface area contributed by atoms with Crippen LogP contribution in [-0.2, 0) is 0 Å². The summed E-state index contributed by atoms with van der Waals surface area (Å²) < 4.78 is 10.4. The summed E-state index contributed by atoms with van der Waals surface area (Å²) in [7, 11) is 3.12. The first-order valence-electron chi connectivity index (χ1n) is 5.75. The van der Waals surface area contributed by atoms with E-state index in [1.54, 1.807) is 32.4 Å². The SMILES string of the molecule is COc1ccc(-c2ncc(C(=O)NN)cn2)cc1OC. The van der Waals surface area contributed by atoms with Crippen molar-refractivity contribution >= 4 is 5.91 Å². The minimum atomic E-state index is -0.441. The highest BCUT2D eigenvalue weighted by Crippen LogP contribution is 2.30. The highest BCUT2D eigenvalue weighted by Gasteiger charge is 2.09. The smallest absolute Gasteiger partial charge is 0.268 e. The zero-order chi connectivity index (χ0) is 14.5. The standard InChI is InChI=1S/C13H14N4O3/c1-19-10-4-3-8(5-11(10)20-2)12-15-6-9(7-16-12)13(18)17-14/h3-7H,14H2,1-2H3,(H,17,18). The van der Waals surface area contributed by atoms with Crippen molar-refractivity contribution in [2.24, 2.45) is 5.84 Å². The van der Waals surface area contributed by atoms with Crippen molar-refractivity contribution in [2.45, 2.75) is 0 Å². The minimum absolute atomic E-state index is 0.289. The molecule has 0 fully saturated rings. The maximum absolute atomic E-state index is 11.3. The third-order valence-electron chi connectivity index (χ3n) is 2.69. The monoisotopic (exact) mass is 274 g/mol. The number of benzene rings is 1. The number of rotatable bonds is 4. The number of ether oxygens (including phenoxy) is 2. The van der Waals surface area contributed by atoms with Crippen molar-refractivity contribution in [3.8, 4) is 22.9 Å². The van der Waals surface area contributed by atoms with E-state index in [1.165, 1.54) is 12.4 Å². The number of carbonyl (C=O) groups excluding carboxylic acids is 1. The maximum atomic E-state index is 11.3. The Balaban J connectivity index is 2.34. The summed E-state index contributed by atoms with van der Waals surface area (Å²) in [5.74, 6) is 6.27. The average Bonchev–Trinajstić information content (AvgIpc) is 2.53. The average molecular weight is 274 g/mol. The molecular formula is C13H14N4O3. The summed E-state index contributed by atoms with van der Waals surface area (Å²) in [6.07, 6.45) is 2.81. The van der Waals surface area contributed by atoms with Crippen molar-refractivity contribution < 1.29 is 14.3 Å². The summed E-state index contributed by atoms with van der Waals surface area (Å²) in [5.41, 5.74) is 3.06. The summed E-state index contributed by atoms with van der Waals surface area (Å²) in [6.45, 7) is 0. The zero-order valence-electron chi connectivity index (χ0n) is 11.1. The molecular weight excluding hydrogens is 260 g/mol. The van der Waals surface area contributed by atoms with Crippen molar-refractivity contribution in [1.29, 1.82) is 0 Å². The second-order valence-corrected chi connectivity index (χ2v) is 3.84. The fraction of sp³-hybridized carbons (Fsp3) is 0.154. The lowest BCUT2D eigenvalue weighted by molar-refractivity contribution is 0.0953. The molecule has 0 bridgehead atoms. The van der Waals surface area contributed by atoms with E-state index < -0.39 is 5.91 Å². The van der Waals surface area contributed by atoms with Crippen LogP contribution in [0.2, 0.25) is 0 Å². The summed E-state index contributed by atoms with van der Waals surface area (Å²) in [6, 6.07) is 5.33. The molecule has 0 spiro atoms. The number of aromatic nitrogens is 2. The van der Waals surface area contributed by atoms with Gasteiger partial charge >= 0.3 is 0 Å². The van der Waals surface area contributed by atoms with Gasteiger partial charge in [-0.15, -0.1) is 0 Å². The Morgan fingerprint density at radius 1 is 1.15 bits per heavy atom. The van der Waals surface area contributed by atoms with E-state index >= 15 is 0 Å². The molecule has 0 saturated heterocycles. The van der Waals surface area contributed by atoms with Gasteiger partial charge < -0.3 is 9.47 Å². The van der Waals surface area contributed by atoms with Crippen LogP contribution in [0.1, 0.15) is 10.4 Å². The lowest BCUT2D eigenvalue weighted by Gasteiger charge is -2.09. The highest BCUT2D eigenvalue weighted by atomic mass is 16.5. The summed E-state index contributed by atoms with van der Waals surface area (Å²) >= 11 is 0. The third-order valence-corrected chi connectivity index (χ3v) is 2.69. The quantitative estimate of drug-likeness (QED) is 0.485. The Morgan fingerprint density at radius 3 is 2.35 bits per heavy atom. The van der Waals surface area contributed by atoms with Gasteiger partial charge in [0, 0.05) is 18.0 Å². The van der Waals surface area contributed by atoms with E-state index in [4.69, 9.17) is 15.3 Å². The molecule has 1 heterocycles. The van der Waals surface area contributed by atoms with E-state index in [0.29, 0.717) is 17.3 Å². The molecule has 1 aromatic carbocycles. The van der Waals surface area contributed by atoms with Gasteiger partial charge in [-0.2, -0.15) is 0 Å². The molecule has 0 unspecified atom stereocenters. The fourth-order valence-electron chi connectivity index (χ4n) is 1.65. The number of nitrogens with two attached hydrogens (primary N) is 1. The molecule has 0 aliphatic heterocycles. The second-order valence-electron chi connectivity index (χ2n) is 3.84. The Labute approximate surface area is 115 Å². The van der Waals surface area contributed by atoms with Gasteiger partial charge in [0.15, 0.2) is 17.3 Å². The number of nitrogens with zero attached hydrogens (tertiary/aromatic N) is 2. The van der Waals surface area contributed by atoms with E-state index in [2.05, 4.69) is 9.97 Å². The van der Waals surface area contributed by atoms with Crippen molar-refractivity contribution in [3.63, 3.8) is 0 Å². The van der Waals surface area contributed by atoms with Crippen LogP contribution in [0, 0.1) is 0 Å². The molecule has 2 rings (SSSR count). The minimum Gasteiger partial charge on any atom is -0.493 e. The Bertz CT molecular complexity index is 614. The van der Waals surface area contributed by atoms with E-state index in [9.17, 15) is 4.79 Å². The van der Waals surface area contributed by atoms with Crippen LogP contribution >= 0.6 is 0 Å². The highest BCUT2D eigenvalue weighted by molar-refractivity contribution is 5.93. The van der Waals surface area contributed by atoms with Gasteiger partial charge in [-0.1, -0.05) is 0 Å². The number of carbonyl (C=O) groups is 1. The van der Waals surface area contributed by atoms with Gasteiger partial charge in [-0.05, 0) is 18.2 Å². The molecule has 0 radical (unpaired) electrons. The number of nitrogens with one attached hydrogen (secondary N) is 1. The molecule has 0 aliphatic rings. The van der Waals surface area contributed by atoms with Gasteiger partial charge in [0.2, 0.25) is 0 Å². The second kappa shape index (κ2) is 5.98. The van der Waals surface area contributed by atoms with Gasteiger partial charge in [0.05, 0.1) is 19.8 Å². The number of nitrogen functional groups attached to an aromatic ring is 1. The predicted molar refractivity (Wildman–Crippen MR) is 72.2 cm³/mol. The van der Waals surface area contributed by atoms with Crippen LogP contribution in [0.3, 0.4) is 0 Å². The van der Waals surface area contributed by atoms with Crippen molar-refractivity contribution in [3.05, 3.63) is 36.2 Å². The number of amides is 1.